The van der Waals surface area contributed by atoms with Crippen molar-refractivity contribution in [2.75, 3.05) is 38.7 Å². The van der Waals surface area contributed by atoms with Crippen LogP contribution >= 0.6 is 0 Å². The Hall–Kier alpha value is -3.37. The van der Waals surface area contributed by atoms with E-state index in [1.807, 2.05) is 30.3 Å². The van der Waals surface area contributed by atoms with E-state index < -0.39 is 17.8 Å². The number of aromatic nitrogens is 2. The Balaban J connectivity index is 1.50. The van der Waals surface area contributed by atoms with Crippen molar-refractivity contribution in [1.82, 2.24) is 20.0 Å². The molecule has 2 heterocycles. The summed E-state index contributed by atoms with van der Waals surface area (Å²) in [5, 5.41) is 10.2. The zero-order chi connectivity index (χ0) is 25.0. The van der Waals surface area contributed by atoms with E-state index >= 15 is 0 Å². The second-order valence-electron chi connectivity index (χ2n) is 8.59. The lowest BCUT2D eigenvalue weighted by atomic mass is 9.93. The first-order valence-corrected chi connectivity index (χ1v) is 11.3. The third kappa shape index (κ3) is 6.01. The fourth-order valence-electron chi connectivity index (χ4n) is 4.37. The Labute approximate surface area is 201 Å². The first kappa shape index (κ1) is 24.7. The molecule has 2 atom stereocenters. The van der Waals surface area contributed by atoms with Crippen LogP contribution < -0.4 is 10.6 Å². The number of amides is 2. The van der Waals surface area contributed by atoms with Crippen LogP contribution in [0.1, 0.15) is 17.0 Å². The third-order valence-corrected chi connectivity index (χ3v) is 6.16. The van der Waals surface area contributed by atoms with Gasteiger partial charge in [0.1, 0.15) is 5.82 Å². The van der Waals surface area contributed by atoms with Crippen LogP contribution in [0.25, 0.3) is 11.3 Å². The van der Waals surface area contributed by atoms with Crippen LogP contribution in [0.3, 0.4) is 0 Å². The number of aryl methyl sites for hydroxylation is 1. The lowest BCUT2D eigenvalue weighted by Crippen LogP contribution is -2.42. The summed E-state index contributed by atoms with van der Waals surface area (Å²) in [6, 6.07) is 15.9. The highest BCUT2D eigenvalue weighted by molar-refractivity contribution is 5.89. The van der Waals surface area contributed by atoms with E-state index in [4.69, 9.17) is 4.74 Å². The average molecular weight is 488 g/mol. The molecule has 0 aliphatic carbocycles. The number of anilines is 1. The summed E-state index contributed by atoms with van der Waals surface area (Å²) in [4.78, 5) is 15.0. The molecule has 2 aromatic carbocycles. The monoisotopic (exact) mass is 487 g/mol. The van der Waals surface area contributed by atoms with Crippen molar-refractivity contribution in [2.24, 2.45) is 7.05 Å². The van der Waals surface area contributed by atoms with Crippen LogP contribution in [0, 0.1) is 0 Å². The molecule has 186 valence electrons. The first-order valence-electron chi connectivity index (χ1n) is 11.3. The zero-order valence-corrected chi connectivity index (χ0v) is 19.5. The van der Waals surface area contributed by atoms with Crippen LogP contribution in [0.5, 0.6) is 0 Å². The van der Waals surface area contributed by atoms with E-state index in [0.717, 1.165) is 17.3 Å². The van der Waals surface area contributed by atoms with Crippen molar-refractivity contribution in [3.05, 3.63) is 71.8 Å². The number of benzene rings is 2. The van der Waals surface area contributed by atoms with E-state index in [1.165, 1.54) is 12.1 Å². The smallest absolute Gasteiger partial charge is 0.383 e. The maximum atomic E-state index is 13.3. The number of nitrogens with one attached hydrogen (secondary N) is 2. The lowest BCUT2D eigenvalue weighted by Gasteiger charge is -2.21. The summed E-state index contributed by atoms with van der Waals surface area (Å²) in [6.07, 6.45) is -4.43. The molecule has 2 amide bonds. The number of hydrogen-bond donors (Lipinski definition) is 2. The van der Waals surface area contributed by atoms with E-state index in [-0.39, 0.29) is 12.0 Å². The molecule has 1 aliphatic rings. The number of rotatable bonds is 7. The Kier molecular flexibility index (Phi) is 7.42. The van der Waals surface area contributed by atoms with Gasteiger partial charge in [-0.25, -0.2) is 4.79 Å². The molecule has 0 radical (unpaired) electrons. The van der Waals surface area contributed by atoms with Crippen LogP contribution in [-0.2, 0) is 18.0 Å². The predicted octanol–water partition coefficient (Wildman–Crippen LogP) is 4.34. The minimum Gasteiger partial charge on any atom is -0.383 e. The molecule has 1 aromatic heterocycles. The molecule has 0 saturated carbocycles. The van der Waals surface area contributed by atoms with Gasteiger partial charge in [0, 0.05) is 51.3 Å². The molecular weight excluding hydrogens is 459 g/mol. The summed E-state index contributed by atoms with van der Waals surface area (Å²) in [5.74, 6) is 0.206. The normalized spacial score (nSPS) is 18.5. The molecule has 7 nitrogen and oxygen atoms in total. The fourth-order valence-corrected chi connectivity index (χ4v) is 4.37. The van der Waals surface area contributed by atoms with Crippen molar-refractivity contribution in [3.8, 4) is 11.3 Å². The molecule has 1 fully saturated rings. The molecule has 0 spiro atoms. The van der Waals surface area contributed by atoms with Gasteiger partial charge in [-0.2, -0.15) is 18.3 Å². The van der Waals surface area contributed by atoms with Gasteiger partial charge in [-0.1, -0.05) is 48.5 Å². The highest BCUT2D eigenvalue weighted by Crippen LogP contribution is 2.34. The average Bonchev–Trinajstić information content (AvgIpc) is 3.41. The van der Waals surface area contributed by atoms with E-state index in [9.17, 15) is 18.0 Å². The lowest BCUT2D eigenvalue weighted by molar-refractivity contribution is -0.137. The molecule has 10 heteroatoms. The minimum atomic E-state index is -4.43. The molecule has 2 unspecified atom stereocenters. The van der Waals surface area contributed by atoms with Crippen molar-refractivity contribution >= 4 is 11.8 Å². The quantitative estimate of drug-likeness (QED) is 0.520. The fraction of sp³-hybridized carbons (Fsp3) is 0.360. The largest absolute Gasteiger partial charge is 0.416 e. The summed E-state index contributed by atoms with van der Waals surface area (Å²) in [5.41, 5.74) is 1.48. The maximum absolute atomic E-state index is 13.3. The molecule has 1 aliphatic heterocycles. The second kappa shape index (κ2) is 10.5. The second-order valence-corrected chi connectivity index (χ2v) is 8.59. The van der Waals surface area contributed by atoms with Crippen LogP contribution in [0.4, 0.5) is 23.8 Å². The standard InChI is InChI=1S/C25H28F3N5O2/c1-32-23(14-21(31-32)17-7-4-3-5-8-17)30-24(34)29-22-16-33(11-12-35-2)15-20(22)18-9-6-10-19(13-18)25(26,27)28/h3-10,13-14,20,22H,11-12,15-16H2,1-2H3,(H2,29,30,34). The van der Waals surface area contributed by atoms with Crippen molar-refractivity contribution < 1.29 is 22.7 Å². The van der Waals surface area contributed by atoms with Crippen LogP contribution in [0.15, 0.2) is 60.7 Å². The molecule has 1 saturated heterocycles. The van der Waals surface area contributed by atoms with Gasteiger partial charge >= 0.3 is 12.2 Å². The number of likely N-dealkylation sites (tertiary alicyclic amines) is 1. The first-order chi connectivity index (χ1) is 16.7. The summed E-state index contributed by atoms with van der Waals surface area (Å²) in [7, 11) is 3.33. The van der Waals surface area contributed by atoms with Gasteiger partial charge in [0.2, 0.25) is 0 Å². The van der Waals surface area contributed by atoms with Gasteiger partial charge in [0.05, 0.1) is 23.9 Å². The molecule has 4 rings (SSSR count). The summed E-state index contributed by atoms with van der Waals surface area (Å²) >= 11 is 0. The van der Waals surface area contributed by atoms with Gasteiger partial charge in [0.15, 0.2) is 0 Å². The summed E-state index contributed by atoms with van der Waals surface area (Å²) < 4.78 is 46.6. The Morgan fingerprint density at radius 3 is 2.60 bits per heavy atom. The molecule has 2 N–H and O–H groups in total. The molecular formula is C25H28F3N5O2. The van der Waals surface area contributed by atoms with E-state index in [0.29, 0.717) is 37.6 Å². The van der Waals surface area contributed by atoms with Crippen LogP contribution in [-0.4, -0.2) is 60.1 Å². The number of alkyl halides is 3. The van der Waals surface area contributed by atoms with Crippen molar-refractivity contribution in [3.63, 3.8) is 0 Å². The van der Waals surface area contributed by atoms with Gasteiger partial charge in [-0.05, 0) is 11.6 Å². The van der Waals surface area contributed by atoms with Gasteiger partial charge in [-0.3, -0.25) is 14.9 Å². The van der Waals surface area contributed by atoms with Gasteiger partial charge in [0.25, 0.3) is 0 Å². The molecule has 0 bridgehead atoms. The number of hydrogen-bond acceptors (Lipinski definition) is 4. The number of carbonyl (C=O) groups excluding carboxylic acids is 1. The molecule has 35 heavy (non-hydrogen) atoms. The predicted molar refractivity (Wildman–Crippen MR) is 127 cm³/mol. The number of urea groups is 1. The number of carbonyl (C=O) groups is 1. The summed E-state index contributed by atoms with van der Waals surface area (Å²) in [6.45, 7) is 2.12. The van der Waals surface area contributed by atoms with Gasteiger partial charge in [-0.15, -0.1) is 0 Å². The number of ether oxygens (including phenoxy) is 1. The Bertz CT molecular complexity index is 1150. The zero-order valence-electron chi connectivity index (χ0n) is 19.5. The Morgan fingerprint density at radius 1 is 1.11 bits per heavy atom. The maximum Gasteiger partial charge on any atom is 0.416 e. The topological polar surface area (TPSA) is 71.4 Å². The minimum absolute atomic E-state index is 0.300. The number of halogens is 3. The highest BCUT2D eigenvalue weighted by atomic mass is 19.4. The highest BCUT2D eigenvalue weighted by Gasteiger charge is 2.37. The third-order valence-electron chi connectivity index (χ3n) is 6.16. The number of nitrogens with zero attached hydrogens (tertiary/aromatic N) is 3. The van der Waals surface area contributed by atoms with Crippen molar-refractivity contribution in [2.45, 2.75) is 18.1 Å². The van der Waals surface area contributed by atoms with E-state index in [2.05, 4.69) is 20.6 Å². The SMILES string of the molecule is COCCN1CC(NC(=O)Nc2cc(-c3ccccc3)nn2C)C(c2cccc(C(F)(F)F)c2)C1. The van der Waals surface area contributed by atoms with Crippen molar-refractivity contribution in [1.29, 1.82) is 0 Å². The van der Waals surface area contributed by atoms with Crippen LogP contribution in [0.2, 0.25) is 0 Å². The Morgan fingerprint density at radius 2 is 1.89 bits per heavy atom. The van der Waals surface area contributed by atoms with E-state index in [1.54, 1.807) is 31.0 Å². The molecule has 3 aromatic rings. The number of methoxy groups -OCH3 is 1. The van der Waals surface area contributed by atoms with Gasteiger partial charge < -0.3 is 10.1 Å².